The van der Waals surface area contributed by atoms with Crippen LogP contribution in [0.1, 0.15) is 21.6 Å². The Hall–Kier alpha value is -2.81. The van der Waals surface area contributed by atoms with Gasteiger partial charge < -0.3 is 9.30 Å². The van der Waals surface area contributed by atoms with Gasteiger partial charge in [0.05, 0.1) is 0 Å². The maximum Gasteiger partial charge on any atom is 0.355 e. The van der Waals surface area contributed by atoms with Crippen molar-refractivity contribution in [3.63, 3.8) is 0 Å². The quantitative estimate of drug-likeness (QED) is 0.668. The SMILES string of the molecule is O=C(OCc1ccccc1)c1cccn1Cc1ccccc1. The first-order chi connectivity index (χ1) is 10.8. The molecule has 0 N–H and O–H groups in total. The number of esters is 1. The number of rotatable bonds is 5. The van der Waals surface area contributed by atoms with Crippen LogP contribution < -0.4 is 0 Å². The summed E-state index contributed by atoms with van der Waals surface area (Å²) in [5.74, 6) is -0.301. The number of hydrogen-bond donors (Lipinski definition) is 0. The average Bonchev–Trinajstić information content (AvgIpc) is 3.03. The van der Waals surface area contributed by atoms with Crippen molar-refractivity contribution in [1.82, 2.24) is 4.57 Å². The zero-order valence-corrected chi connectivity index (χ0v) is 12.2. The van der Waals surface area contributed by atoms with Crippen molar-refractivity contribution < 1.29 is 9.53 Å². The second-order valence-electron chi connectivity index (χ2n) is 5.07. The molecule has 0 aliphatic carbocycles. The monoisotopic (exact) mass is 291 g/mol. The molecule has 0 bridgehead atoms. The van der Waals surface area contributed by atoms with E-state index in [9.17, 15) is 4.79 Å². The Morgan fingerprint density at radius 3 is 2.14 bits per heavy atom. The summed E-state index contributed by atoms with van der Waals surface area (Å²) in [5.41, 5.74) is 2.70. The summed E-state index contributed by atoms with van der Waals surface area (Å²) in [5, 5.41) is 0. The molecule has 2 aromatic carbocycles. The standard InChI is InChI=1S/C19H17NO2/c21-19(22-15-17-10-5-2-6-11-17)18-12-7-13-20(18)14-16-8-3-1-4-9-16/h1-13H,14-15H2. The lowest BCUT2D eigenvalue weighted by Gasteiger charge is -2.09. The Labute approximate surface area is 129 Å². The van der Waals surface area contributed by atoms with Crippen molar-refractivity contribution in [2.75, 3.05) is 0 Å². The number of ether oxygens (including phenoxy) is 1. The van der Waals surface area contributed by atoms with Gasteiger partial charge in [-0.2, -0.15) is 0 Å². The Morgan fingerprint density at radius 2 is 1.45 bits per heavy atom. The van der Waals surface area contributed by atoms with Crippen LogP contribution in [0.3, 0.4) is 0 Å². The van der Waals surface area contributed by atoms with Crippen LogP contribution in [0.2, 0.25) is 0 Å². The molecule has 0 saturated carbocycles. The molecule has 110 valence electrons. The molecule has 3 heteroatoms. The average molecular weight is 291 g/mol. The van der Waals surface area contributed by atoms with E-state index in [1.165, 1.54) is 0 Å². The van der Waals surface area contributed by atoms with E-state index in [0.717, 1.165) is 11.1 Å². The first-order valence-electron chi connectivity index (χ1n) is 7.23. The number of carbonyl (C=O) groups is 1. The summed E-state index contributed by atoms with van der Waals surface area (Å²) in [6, 6.07) is 23.4. The number of aromatic nitrogens is 1. The lowest BCUT2D eigenvalue weighted by Crippen LogP contribution is -2.12. The van der Waals surface area contributed by atoms with Crippen LogP contribution in [0.5, 0.6) is 0 Å². The molecular formula is C19H17NO2. The van der Waals surface area contributed by atoms with Crippen molar-refractivity contribution in [3.05, 3.63) is 95.8 Å². The second kappa shape index (κ2) is 6.76. The van der Waals surface area contributed by atoms with Crippen molar-refractivity contribution in [3.8, 4) is 0 Å². The first-order valence-corrected chi connectivity index (χ1v) is 7.23. The minimum absolute atomic E-state index is 0.288. The molecule has 0 unspecified atom stereocenters. The van der Waals surface area contributed by atoms with Gasteiger partial charge in [0.2, 0.25) is 0 Å². The Kier molecular flexibility index (Phi) is 4.35. The highest BCUT2D eigenvalue weighted by molar-refractivity contribution is 5.87. The van der Waals surface area contributed by atoms with Crippen LogP contribution >= 0.6 is 0 Å². The van der Waals surface area contributed by atoms with Crippen molar-refractivity contribution >= 4 is 5.97 Å². The summed E-state index contributed by atoms with van der Waals surface area (Å²) in [4.78, 5) is 12.2. The zero-order chi connectivity index (χ0) is 15.2. The molecule has 0 fully saturated rings. The van der Waals surface area contributed by atoms with Crippen LogP contribution in [0.25, 0.3) is 0 Å². The van der Waals surface area contributed by atoms with E-state index in [4.69, 9.17) is 4.74 Å². The smallest absolute Gasteiger partial charge is 0.355 e. The molecule has 0 amide bonds. The topological polar surface area (TPSA) is 31.2 Å². The molecule has 1 aromatic heterocycles. The highest BCUT2D eigenvalue weighted by Gasteiger charge is 2.12. The molecule has 3 nitrogen and oxygen atoms in total. The van der Waals surface area contributed by atoms with Gasteiger partial charge in [0.1, 0.15) is 12.3 Å². The van der Waals surface area contributed by atoms with Gasteiger partial charge in [-0.3, -0.25) is 0 Å². The zero-order valence-electron chi connectivity index (χ0n) is 12.2. The normalized spacial score (nSPS) is 10.4. The van der Waals surface area contributed by atoms with E-state index >= 15 is 0 Å². The predicted molar refractivity (Wildman–Crippen MR) is 85.5 cm³/mol. The van der Waals surface area contributed by atoms with Crippen molar-refractivity contribution in [1.29, 1.82) is 0 Å². The maximum absolute atomic E-state index is 12.2. The summed E-state index contributed by atoms with van der Waals surface area (Å²) >= 11 is 0. The third kappa shape index (κ3) is 3.44. The highest BCUT2D eigenvalue weighted by Crippen LogP contribution is 2.10. The van der Waals surface area contributed by atoms with Crippen molar-refractivity contribution in [2.45, 2.75) is 13.2 Å². The third-order valence-electron chi connectivity index (χ3n) is 3.45. The lowest BCUT2D eigenvalue weighted by atomic mass is 10.2. The van der Waals surface area contributed by atoms with E-state index in [1.807, 2.05) is 77.5 Å². The number of hydrogen-bond acceptors (Lipinski definition) is 2. The van der Waals surface area contributed by atoms with Gasteiger partial charge >= 0.3 is 5.97 Å². The largest absolute Gasteiger partial charge is 0.456 e. The van der Waals surface area contributed by atoms with E-state index in [0.29, 0.717) is 12.2 Å². The van der Waals surface area contributed by atoms with Crippen LogP contribution in [-0.4, -0.2) is 10.5 Å². The van der Waals surface area contributed by atoms with Gasteiger partial charge in [-0.25, -0.2) is 4.79 Å². The Balaban J connectivity index is 1.67. The number of benzene rings is 2. The van der Waals surface area contributed by atoms with Gasteiger partial charge in [-0.15, -0.1) is 0 Å². The van der Waals surface area contributed by atoms with Crippen LogP contribution in [0.15, 0.2) is 79.0 Å². The molecule has 0 saturated heterocycles. The predicted octanol–water partition coefficient (Wildman–Crippen LogP) is 3.89. The summed E-state index contributed by atoms with van der Waals surface area (Å²) in [6.07, 6.45) is 1.89. The second-order valence-corrected chi connectivity index (χ2v) is 5.07. The van der Waals surface area contributed by atoms with Gasteiger partial charge in [0.25, 0.3) is 0 Å². The fraction of sp³-hybridized carbons (Fsp3) is 0.105. The molecule has 0 aliphatic heterocycles. The van der Waals surface area contributed by atoms with E-state index < -0.39 is 0 Å². The molecule has 0 radical (unpaired) electrons. The highest BCUT2D eigenvalue weighted by atomic mass is 16.5. The number of nitrogens with zero attached hydrogens (tertiary/aromatic N) is 1. The number of carbonyl (C=O) groups excluding carboxylic acids is 1. The minimum Gasteiger partial charge on any atom is -0.456 e. The molecule has 1 heterocycles. The maximum atomic E-state index is 12.2. The summed E-state index contributed by atoms with van der Waals surface area (Å²) < 4.78 is 7.30. The van der Waals surface area contributed by atoms with E-state index in [1.54, 1.807) is 6.07 Å². The van der Waals surface area contributed by atoms with Crippen LogP contribution in [0.4, 0.5) is 0 Å². The first kappa shape index (κ1) is 14.1. The van der Waals surface area contributed by atoms with E-state index in [2.05, 4.69) is 0 Å². The fourth-order valence-corrected chi connectivity index (χ4v) is 2.31. The molecule has 22 heavy (non-hydrogen) atoms. The van der Waals surface area contributed by atoms with Crippen LogP contribution in [0, 0.1) is 0 Å². The molecule has 0 aliphatic rings. The van der Waals surface area contributed by atoms with Crippen molar-refractivity contribution in [2.24, 2.45) is 0 Å². The van der Waals surface area contributed by atoms with E-state index in [-0.39, 0.29) is 12.6 Å². The van der Waals surface area contributed by atoms with Gasteiger partial charge in [0, 0.05) is 12.7 Å². The molecule has 3 rings (SSSR count). The summed E-state index contributed by atoms with van der Waals surface area (Å²) in [6.45, 7) is 0.944. The lowest BCUT2D eigenvalue weighted by molar-refractivity contribution is 0.0460. The Morgan fingerprint density at radius 1 is 0.818 bits per heavy atom. The van der Waals surface area contributed by atoms with Crippen LogP contribution in [-0.2, 0) is 17.9 Å². The van der Waals surface area contributed by atoms with Gasteiger partial charge in [-0.05, 0) is 23.3 Å². The summed E-state index contributed by atoms with van der Waals surface area (Å²) in [7, 11) is 0. The third-order valence-corrected chi connectivity index (χ3v) is 3.45. The molecule has 3 aromatic rings. The minimum atomic E-state index is -0.301. The molecule has 0 atom stereocenters. The Bertz CT molecular complexity index is 732. The molecular weight excluding hydrogens is 274 g/mol. The fourth-order valence-electron chi connectivity index (χ4n) is 2.31. The van der Waals surface area contributed by atoms with Gasteiger partial charge in [0.15, 0.2) is 0 Å². The molecule has 0 spiro atoms. The van der Waals surface area contributed by atoms with Gasteiger partial charge in [-0.1, -0.05) is 60.7 Å².